The minimum atomic E-state index is -0.956. The van der Waals surface area contributed by atoms with Gasteiger partial charge in [-0.1, -0.05) is 19.1 Å². The molecule has 0 aliphatic carbocycles. The molecule has 0 spiro atoms. The number of piperidine rings is 1. The molecule has 4 nitrogen and oxygen atoms in total. The smallest absolute Gasteiger partial charge is 0.229 e. The summed E-state index contributed by atoms with van der Waals surface area (Å²) in [7, 11) is 1.58. The summed E-state index contributed by atoms with van der Waals surface area (Å²) in [6.07, 6.45) is 0.599. The Hall–Kier alpha value is -1.82. The van der Waals surface area contributed by atoms with Crippen molar-refractivity contribution in [3.63, 3.8) is 0 Å². The number of benzene rings is 1. The molecule has 1 saturated heterocycles. The van der Waals surface area contributed by atoms with Crippen molar-refractivity contribution >= 4 is 11.8 Å². The topological polar surface area (TPSA) is 49.4 Å². The molecule has 1 atom stereocenters. The van der Waals surface area contributed by atoms with Crippen molar-refractivity contribution < 1.29 is 18.4 Å². The number of hydrogen-bond acceptors (Lipinski definition) is 3. The van der Waals surface area contributed by atoms with Crippen LogP contribution in [0.25, 0.3) is 0 Å². The molecule has 1 unspecified atom stereocenters. The fraction of sp³-hybridized carbons (Fsp3) is 0.467. The molecule has 0 aromatic heterocycles. The highest BCUT2D eigenvalue weighted by Crippen LogP contribution is 2.24. The lowest BCUT2D eigenvalue weighted by molar-refractivity contribution is -0.150. The second-order valence-corrected chi connectivity index (χ2v) is 5.40. The van der Waals surface area contributed by atoms with Gasteiger partial charge in [-0.2, -0.15) is 0 Å². The van der Waals surface area contributed by atoms with Gasteiger partial charge in [-0.3, -0.25) is 14.5 Å². The van der Waals surface area contributed by atoms with Crippen LogP contribution < -0.4 is 5.32 Å². The number of carbonyl (C=O) groups excluding carboxylic acids is 2. The summed E-state index contributed by atoms with van der Waals surface area (Å²) in [4.78, 5) is 25.0. The van der Waals surface area contributed by atoms with Gasteiger partial charge in [0.25, 0.3) is 0 Å². The highest BCUT2D eigenvalue weighted by molar-refractivity contribution is 5.97. The summed E-state index contributed by atoms with van der Waals surface area (Å²) in [5.74, 6) is -2.41. The zero-order chi connectivity index (χ0) is 15.6. The minimum Gasteiger partial charge on any atom is -0.311 e. The van der Waals surface area contributed by atoms with Gasteiger partial charge in [-0.15, -0.1) is 0 Å². The number of nitrogens with zero attached hydrogens (tertiary/aromatic N) is 1. The largest absolute Gasteiger partial charge is 0.311 e. The fourth-order valence-electron chi connectivity index (χ4n) is 2.55. The van der Waals surface area contributed by atoms with Crippen LogP contribution in [0.15, 0.2) is 18.2 Å². The van der Waals surface area contributed by atoms with Gasteiger partial charge in [-0.05, 0) is 19.0 Å². The zero-order valence-electron chi connectivity index (χ0n) is 12.0. The van der Waals surface area contributed by atoms with E-state index in [4.69, 9.17) is 0 Å². The number of carbonyl (C=O) groups is 2. The SMILES string of the molecule is CNC(CN1C(=O)CC(C)CC1=O)c1cccc(F)c1F. The first-order chi connectivity index (χ1) is 9.93. The Morgan fingerprint density at radius 1 is 1.29 bits per heavy atom. The Labute approximate surface area is 122 Å². The number of halogens is 2. The number of nitrogens with one attached hydrogen (secondary N) is 1. The first-order valence-corrected chi connectivity index (χ1v) is 6.88. The third kappa shape index (κ3) is 3.26. The summed E-state index contributed by atoms with van der Waals surface area (Å²) in [6, 6.07) is 3.24. The molecule has 0 bridgehead atoms. The number of imide groups is 1. The van der Waals surface area contributed by atoms with Gasteiger partial charge >= 0.3 is 0 Å². The van der Waals surface area contributed by atoms with Crippen molar-refractivity contribution in [3.05, 3.63) is 35.4 Å². The summed E-state index contributed by atoms with van der Waals surface area (Å²) in [5.41, 5.74) is 0.108. The van der Waals surface area contributed by atoms with Gasteiger partial charge in [0, 0.05) is 24.9 Å². The van der Waals surface area contributed by atoms with Crippen LogP contribution in [-0.4, -0.2) is 30.3 Å². The van der Waals surface area contributed by atoms with Crippen molar-refractivity contribution in [2.75, 3.05) is 13.6 Å². The second kappa shape index (κ2) is 6.30. The third-order valence-corrected chi connectivity index (χ3v) is 3.72. The van der Waals surface area contributed by atoms with Crippen molar-refractivity contribution in [1.29, 1.82) is 0 Å². The molecular formula is C15H18F2N2O2. The van der Waals surface area contributed by atoms with Gasteiger partial charge in [0.2, 0.25) is 11.8 Å². The van der Waals surface area contributed by atoms with E-state index in [1.54, 1.807) is 7.05 Å². The summed E-state index contributed by atoms with van der Waals surface area (Å²) in [6.45, 7) is 1.84. The standard InChI is InChI=1S/C15H18F2N2O2/c1-9-6-13(20)19(14(21)7-9)8-12(18-2)10-4-3-5-11(16)15(10)17/h3-5,9,12,18H,6-8H2,1-2H3. The predicted octanol–water partition coefficient (Wildman–Crippen LogP) is 2.01. The van der Waals surface area contributed by atoms with Gasteiger partial charge in [0.1, 0.15) is 0 Å². The number of hydrogen-bond donors (Lipinski definition) is 1. The highest BCUT2D eigenvalue weighted by Gasteiger charge is 2.32. The van der Waals surface area contributed by atoms with E-state index in [1.807, 2.05) is 6.92 Å². The minimum absolute atomic E-state index is 0.00125. The van der Waals surface area contributed by atoms with Crippen molar-refractivity contribution in [1.82, 2.24) is 10.2 Å². The van der Waals surface area contributed by atoms with E-state index in [1.165, 1.54) is 12.1 Å². The molecule has 1 aliphatic rings. The summed E-state index contributed by atoms with van der Waals surface area (Å²) < 4.78 is 27.2. The molecule has 2 amide bonds. The molecule has 21 heavy (non-hydrogen) atoms. The molecule has 1 aromatic rings. The molecule has 1 N–H and O–H groups in total. The third-order valence-electron chi connectivity index (χ3n) is 3.72. The lowest BCUT2D eigenvalue weighted by Crippen LogP contribution is -2.46. The van der Waals surface area contributed by atoms with E-state index in [0.29, 0.717) is 12.8 Å². The van der Waals surface area contributed by atoms with Crippen LogP contribution in [0.3, 0.4) is 0 Å². The molecule has 6 heteroatoms. The quantitative estimate of drug-likeness (QED) is 0.865. The Bertz CT molecular complexity index is 545. The van der Waals surface area contributed by atoms with Crippen molar-refractivity contribution in [2.45, 2.75) is 25.8 Å². The van der Waals surface area contributed by atoms with Crippen LogP contribution in [0.1, 0.15) is 31.4 Å². The summed E-state index contributed by atoms with van der Waals surface area (Å²) >= 11 is 0. The van der Waals surface area contributed by atoms with E-state index in [-0.39, 0.29) is 29.8 Å². The van der Waals surface area contributed by atoms with Crippen molar-refractivity contribution in [2.24, 2.45) is 5.92 Å². The maximum atomic E-state index is 13.8. The molecule has 0 radical (unpaired) electrons. The Balaban J connectivity index is 2.21. The Morgan fingerprint density at radius 3 is 2.48 bits per heavy atom. The highest BCUT2D eigenvalue weighted by atomic mass is 19.2. The number of amides is 2. The van der Waals surface area contributed by atoms with Gasteiger partial charge in [-0.25, -0.2) is 8.78 Å². The average Bonchev–Trinajstić information content (AvgIpc) is 2.42. The van der Waals surface area contributed by atoms with Gasteiger partial charge in [0.15, 0.2) is 11.6 Å². The molecular weight excluding hydrogens is 278 g/mol. The molecule has 1 fully saturated rings. The molecule has 0 saturated carbocycles. The van der Waals surface area contributed by atoms with E-state index in [2.05, 4.69) is 5.32 Å². The summed E-state index contributed by atoms with van der Waals surface area (Å²) in [5, 5.41) is 2.83. The predicted molar refractivity (Wildman–Crippen MR) is 73.3 cm³/mol. The Kier molecular flexibility index (Phi) is 4.67. The van der Waals surface area contributed by atoms with Crippen LogP contribution in [0.4, 0.5) is 8.78 Å². The van der Waals surface area contributed by atoms with Crippen LogP contribution in [-0.2, 0) is 9.59 Å². The maximum absolute atomic E-state index is 13.8. The molecule has 2 rings (SSSR count). The normalized spacial score (nSPS) is 18.2. The molecule has 1 heterocycles. The van der Waals surface area contributed by atoms with Crippen LogP contribution in [0, 0.1) is 17.6 Å². The lowest BCUT2D eigenvalue weighted by Gasteiger charge is -2.31. The van der Waals surface area contributed by atoms with Gasteiger partial charge < -0.3 is 5.32 Å². The Morgan fingerprint density at radius 2 is 1.90 bits per heavy atom. The van der Waals surface area contributed by atoms with E-state index in [0.717, 1.165) is 11.0 Å². The second-order valence-electron chi connectivity index (χ2n) is 5.40. The van der Waals surface area contributed by atoms with E-state index >= 15 is 0 Å². The van der Waals surface area contributed by atoms with Crippen LogP contribution in [0.2, 0.25) is 0 Å². The average molecular weight is 296 g/mol. The van der Waals surface area contributed by atoms with E-state index in [9.17, 15) is 18.4 Å². The number of rotatable bonds is 4. The van der Waals surface area contributed by atoms with E-state index < -0.39 is 17.7 Å². The monoisotopic (exact) mass is 296 g/mol. The van der Waals surface area contributed by atoms with Gasteiger partial charge in [0.05, 0.1) is 6.04 Å². The van der Waals surface area contributed by atoms with Crippen molar-refractivity contribution in [3.8, 4) is 0 Å². The van der Waals surface area contributed by atoms with Crippen LogP contribution in [0.5, 0.6) is 0 Å². The molecule has 1 aromatic carbocycles. The molecule has 1 aliphatic heterocycles. The van der Waals surface area contributed by atoms with Crippen LogP contribution >= 0.6 is 0 Å². The molecule has 114 valence electrons. The first-order valence-electron chi connectivity index (χ1n) is 6.88. The first kappa shape index (κ1) is 15.6. The lowest BCUT2D eigenvalue weighted by atomic mass is 9.96. The zero-order valence-corrected chi connectivity index (χ0v) is 12.0. The fourth-order valence-corrected chi connectivity index (χ4v) is 2.55. The maximum Gasteiger partial charge on any atom is 0.229 e. The number of likely N-dealkylation sites (tertiary alicyclic amines) is 1. The number of likely N-dealkylation sites (N-methyl/N-ethyl adjacent to an activating group) is 1.